The first-order valence-electron chi connectivity index (χ1n) is 6.44. The van der Waals surface area contributed by atoms with Crippen LogP contribution in [0.3, 0.4) is 0 Å². The summed E-state index contributed by atoms with van der Waals surface area (Å²) in [5.74, 6) is 0.271. The van der Waals surface area contributed by atoms with E-state index in [4.69, 9.17) is 4.74 Å². The van der Waals surface area contributed by atoms with Crippen LogP contribution >= 0.6 is 0 Å². The SMILES string of the molecule is CC1OCCC1(CCS(C)(=O)=O)CNC1CC1. The van der Waals surface area contributed by atoms with E-state index in [9.17, 15) is 8.42 Å². The molecule has 0 radical (unpaired) electrons. The van der Waals surface area contributed by atoms with Crippen LogP contribution in [-0.4, -0.2) is 45.7 Å². The molecule has 0 aromatic heterocycles. The molecule has 2 unspecified atom stereocenters. The molecule has 1 aliphatic carbocycles. The Morgan fingerprint density at radius 1 is 1.41 bits per heavy atom. The van der Waals surface area contributed by atoms with Crippen molar-refractivity contribution in [3.05, 3.63) is 0 Å². The Balaban J connectivity index is 1.95. The smallest absolute Gasteiger partial charge is 0.147 e. The molecule has 0 aromatic rings. The lowest BCUT2D eigenvalue weighted by Crippen LogP contribution is -2.41. The maximum absolute atomic E-state index is 11.3. The summed E-state index contributed by atoms with van der Waals surface area (Å²) in [4.78, 5) is 0. The molecule has 1 aliphatic heterocycles. The summed E-state index contributed by atoms with van der Waals surface area (Å²) in [6, 6.07) is 0.665. The second kappa shape index (κ2) is 4.86. The normalized spacial score (nSPS) is 34.1. The minimum atomic E-state index is -2.88. The third-order valence-electron chi connectivity index (χ3n) is 4.12. The van der Waals surface area contributed by atoms with Crippen molar-refractivity contribution in [1.82, 2.24) is 5.32 Å². The van der Waals surface area contributed by atoms with Gasteiger partial charge in [-0.15, -0.1) is 0 Å². The molecule has 1 heterocycles. The summed E-state index contributed by atoms with van der Waals surface area (Å²) >= 11 is 0. The zero-order valence-electron chi connectivity index (χ0n) is 10.7. The van der Waals surface area contributed by atoms with Gasteiger partial charge in [-0.05, 0) is 32.6 Å². The quantitative estimate of drug-likeness (QED) is 0.774. The molecule has 1 saturated carbocycles. The number of rotatable bonds is 6. The summed E-state index contributed by atoms with van der Waals surface area (Å²) in [7, 11) is -2.88. The van der Waals surface area contributed by atoms with Gasteiger partial charge in [0.25, 0.3) is 0 Å². The van der Waals surface area contributed by atoms with Gasteiger partial charge >= 0.3 is 0 Å². The van der Waals surface area contributed by atoms with Crippen LogP contribution in [0.2, 0.25) is 0 Å². The van der Waals surface area contributed by atoms with E-state index in [1.807, 2.05) is 0 Å². The third-order valence-corrected chi connectivity index (χ3v) is 5.07. The Morgan fingerprint density at radius 2 is 2.12 bits per heavy atom. The second-order valence-corrected chi connectivity index (χ2v) is 7.92. The molecule has 1 N–H and O–H groups in total. The average molecular weight is 261 g/mol. The van der Waals surface area contributed by atoms with Crippen LogP contribution in [0.5, 0.6) is 0 Å². The topological polar surface area (TPSA) is 55.4 Å². The average Bonchev–Trinajstić information content (AvgIpc) is 2.98. The predicted octanol–water partition coefficient (Wildman–Crippen LogP) is 0.968. The van der Waals surface area contributed by atoms with Crippen molar-refractivity contribution in [2.24, 2.45) is 5.41 Å². The highest BCUT2D eigenvalue weighted by atomic mass is 32.2. The summed E-state index contributed by atoms with van der Waals surface area (Å²) in [5.41, 5.74) is 0.0195. The lowest BCUT2D eigenvalue weighted by Gasteiger charge is -2.32. The maximum atomic E-state index is 11.3. The molecule has 2 atom stereocenters. The molecule has 4 nitrogen and oxygen atoms in total. The van der Waals surface area contributed by atoms with Gasteiger partial charge in [0, 0.05) is 30.9 Å². The summed E-state index contributed by atoms with van der Waals surface area (Å²) in [6.07, 6.45) is 5.69. The van der Waals surface area contributed by atoms with Crippen molar-refractivity contribution in [3.63, 3.8) is 0 Å². The first-order chi connectivity index (χ1) is 7.91. The zero-order valence-corrected chi connectivity index (χ0v) is 11.6. The van der Waals surface area contributed by atoms with Crippen molar-refractivity contribution < 1.29 is 13.2 Å². The number of hydrogen-bond acceptors (Lipinski definition) is 4. The van der Waals surface area contributed by atoms with Crippen molar-refractivity contribution >= 4 is 9.84 Å². The Morgan fingerprint density at radius 3 is 2.59 bits per heavy atom. The van der Waals surface area contributed by atoms with Crippen LogP contribution in [0.15, 0.2) is 0 Å². The Bertz CT molecular complexity index is 364. The largest absolute Gasteiger partial charge is 0.378 e. The molecular formula is C12H23NO3S. The van der Waals surface area contributed by atoms with E-state index in [2.05, 4.69) is 12.2 Å². The fraction of sp³-hybridized carbons (Fsp3) is 1.00. The highest BCUT2D eigenvalue weighted by Crippen LogP contribution is 2.38. The van der Waals surface area contributed by atoms with Gasteiger partial charge in [-0.2, -0.15) is 0 Å². The molecule has 0 aromatic carbocycles. The van der Waals surface area contributed by atoms with Gasteiger partial charge in [-0.1, -0.05) is 0 Å². The molecule has 0 bridgehead atoms. The maximum Gasteiger partial charge on any atom is 0.147 e. The summed E-state index contributed by atoms with van der Waals surface area (Å²) in [5, 5.41) is 3.53. The van der Waals surface area contributed by atoms with Crippen molar-refractivity contribution in [2.45, 2.75) is 44.8 Å². The number of ether oxygens (including phenoxy) is 1. The monoisotopic (exact) mass is 261 g/mol. The number of nitrogens with one attached hydrogen (secondary N) is 1. The molecule has 17 heavy (non-hydrogen) atoms. The standard InChI is InChI=1S/C12H23NO3S/c1-10-12(5-7-16-10,6-8-17(2,14)15)9-13-11-3-4-11/h10-11,13H,3-9H2,1-2H3. The van der Waals surface area contributed by atoms with E-state index in [0.717, 1.165) is 19.6 Å². The van der Waals surface area contributed by atoms with E-state index >= 15 is 0 Å². The Hall–Kier alpha value is -0.130. The molecule has 100 valence electrons. The Labute approximate surface area is 104 Å². The number of sulfone groups is 1. The second-order valence-electron chi connectivity index (χ2n) is 5.66. The van der Waals surface area contributed by atoms with E-state index in [-0.39, 0.29) is 17.3 Å². The van der Waals surface area contributed by atoms with Crippen LogP contribution in [0.1, 0.15) is 32.6 Å². The van der Waals surface area contributed by atoms with E-state index < -0.39 is 9.84 Å². The molecular weight excluding hydrogens is 238 g/mol. The van der Waals surface area contributed by atoms with Crippen LogP contribution in [0.25, 0.3) is 0 Å². The van der Waals surface area contributed by atoms with Gasteiger partial charge in [0.1, 0.15) is 9.84 Å². The molecule has 0 amide bonds. The summed E-state index contributed by atoms with van der Waals surface area (Å²) < 4.78 is 28.3. The van der Waals surface area contributed by atoms with Crippen molar-refractivity contribution in [3.8, 4) is 0 Å². The minimum absolute atomic E-state index is 0.0195. The molecule has 1 saturated heterocycles. The van der Waals surface area contributed by atoms with Gasteiger partial charge < -0.3 is 10.1 Å². The molecule has 0 spiro atoms. The fourth-order valence-electron chi connectivity index (χ4n) is 2.49. The first-order valence-corrected chi connectivity index (χ1v) is 8.50. The molecule has 5 heteroatoms. The van der Waals surface area contributed by atoms with Gasteiger partial charge in [-0.25, -0.2) is 8.42 Å². The fourth-order valence-corrected chi connectivity index (χ4v) is 3.27. The minimum Gasteiger partial charge on any atom is -0.378 e. The molecule has 2 aliphatic rings. The van der Waals surface area contributed by atoms with Gasteiger partial charge in [0.15, 0.2) is 0 Å². The van der Waals surface area contributed by atoms with Crippen LogP contribution in [-0.2, 0) is 14.6 Å². The highest BCUT2D eigenvalue weighted by Gasteiger charge is 2.42. The van der Waals surface area contributed by atoms with Crippen molar-refractivity contribution in [1.29, 1.82) is 0 Å². The van der Waals surface area contributed by atoms with E-state index in [1.165, 1.54) is 19.1 Å². The van der Waals surface area contributed by atoms with Gasteiger partial charge in [0.2, 0.25) is 0 Å². The number of hydrogen-bond donors (Lipinski definition) is 1. The van der Waals surface area contributed by atoms with E-state index in [1.54, 1.807) is 0 Å². The first kappa shape index (κ1) is 13.3. The van der Waals surface area contributed by atoms with Crippen LogP contribution in [0.4, 0.5) is 0 Å². The highest BCUT2D eigenvalue weighted by molar-refractivity contribution is 7.90. The Kier molecular flexibility index (Phi) is 3.80. The van der Waals surface area contributed by atoms with Gasteiger partial charge in [-0.3, -0.25) is 0 Å². The zero-order chi connectivity index (χ0) is 12.5. The van der Waals surface area contributed by atoms with Crippen LogP contribution < -0.4 is 5.32 Å². The predicted molar refractivity (Wildman–Crippen MR) is 67.8 cm³/mol. The lowest BCUT2D eigenvalue weighted by molar-refractivity contribution is 0.0612. The molecule has 2 fully saturated rings. The van der Waals surface area contributed by atoms with Crippen molar-refractivity contribution in [2.75, 3.05) is 25.2 Å². The lowest BCUT2D eigenvalue weighted by atomic mass is 9.79. The van der Waals surface area contributed by atoms with Gasteiger partial charge in [0.05, 0.1) is 11.9 Å². The summed E-state index contributed by atoms with van der Waals surface area (Å²) in [6.45, 7) is 3.73. The molecule has 2 rings (SSSR count). The van der Waals surface area contributed by atoms with Crippen LogP contribution in [0, 0.1) is 5.41 Å². The van der Waals surface area contributed by atoms with E-state index in [0.29, 0.717) is 12.5 Å². The third kappa shape index (κ3) is 3.66.